The summed E-state index contributed by atoms with van der Waals surface area (Å²) in [4.78, 5) is 15.4. The van der Waals surface area contributed by atoms with Crippen LogP contribution in [0, 0.1) is 6.92 Å². The summed E-state index contributed by atoms with van der Waals surface area (Å²) in [5.74, 6) is -0.0308. The topological polar surface area (TPSA) is 113 Å². The van der Waals surface area contributed by atoms with E-state index in [1.165, 1.54) is 0 Å². The van der Waals surface area contributed by atoms with Crippen LogP contribution in [-0.4, -0.2) is 68.2 Å². The van der Waals surface area contributed by atoms with Crippen molar-refractivity contribution < 1.29 is 23.4 Å². The molecule has 2 N–H and O–H groups in total. The van der Waals surface area contributed by atoms with Crippen LogP contribution in [0.25, 0.3) is 11.0 Å². The van der Waals surface area contributed by atoms with Gasteiger partial charge in [0.05, 0.1) is 30.7 Å². The average Bonchev–Trinajstić information content (AvgIpc) is 3.30. The van der Waals surface area contributed by atoms with E-state index >= 15 is 0 Å². The molecule has 4 aromatic rings. The third-order valence-electron chi connectivity index (χ3n) is 7.72. The number of carbonyl (C=O) groups is 1. The molecular weight excluding hydrogens is 542 g/mol. The van der Waals surface area contributed by atoms with Crippen LogP contribution < -0.4 is 9.64 Å². The molecule has 0 saturated heterocycles. The monoisotopic (exact) mass is 579 g/mol. The minimum atomic E-state index is -3.23. The third-order valence-corrected chi connectivity index (χ3v) is 9.69. The van der Waals surface area contributed by atoms with Gasteiger partial charge in [0.25, 0.3) is 0 Å². The summed E-state index contributed by atoms with van der Waals surface area (Å²) in [5.41, 5.74) is 6.00. The Hall–Kier alpha value is -3.64. The van der Waals surface area contributed by atoms with Crippen LogP contribution in [0.4, 0.5) is 5.69 Å². The van der Waals surface area contributed by atoms with E-state index in [0.29, 0.717) is 42.4 Å². The first-order chi connectivity index (χ1) is 19.6. The molecule has 11 heteroatoms. The Labute approximate surface area is 242 Å². The number of aromatic nitrogens is 3. The van der Waals surface area contributed by atoms with Gasteiger partial charge in [0.2, 0.25) is 0 Å². The van der Waals surface area contributed by atoms with Crippen molar-refractivity contribution in [3.63, 3.8) is 0 Å². The molecule has 2 heterocycles. The number of anilines is 1. The van der Waals surface area contributed by atoms with Crippen LogP contribution in [0.15, 0.2) is 59.5 Å². The van der Waals surface area contributed by atoms with E-state index in [1.807, 2.05) is 63.5 Å². The zero-order valence-corrected chi connectivity index (χ0v) is 24.9. The second kappa shape index (κ2) is 11.7. The van der Waals surface area contributed by atoms with Crippen LogP contribution in [0.1, 0.15) is 41.5 Å². The SMILES string of the molecule is CCOC(=O)CC(c1ccc(C)c(CN2CCN(C)c3ccccc3S2(O)O)c1)c1cc(OC)c2c(c1)nnn2C. The molecule has 0 radical (unpaired) electrons. The lowest BCUT2D eigenvalue weighted by atomic mass is 9.86. The van der Waals surface area contributed by atoms with Crippen LogP contribution in [0.2, 0.25) is 0 Å². The van der Waals surface area contributed by atoms with E-state index < -0.39 is 10.8 Å². The Balaban J connectivity index is 1.55. The number of hydrogen-bond donors (Lipinski definition) is 2. The molecule has 3 aromatic carbocycles. The van der Waals surface area contributed by atoms with Crippen molar-refractivity contribution in [1.82, 2.24) is 19.3 Å². The summed E-state index contributed by atoms with van der Waals surface area (Å²) in [5, 5.41) is 8.43. The maximum absolute atomic E-state index is 12.8. The van der Waals surface area contributed by atoms with Crippen LogP contribution in [-0.2, 0) is 23.1 Å². The first-order valence-electron chi connectivity index (χ1n) is 13.6. The van der Waals surface area contributed by atoms with Crippen molar-refractivity contribution in [3.8, 4) is 5.75 Å². The van der Waals surface area contributed by atoms with Crippen molar-refractivity contribution in [2.24, 2.45) is 7.05 Å². The Morgan fingerprint density at radius 1 is 1.07 bits per heavy atom. The molecule has 1 unspecified atom stereocenters. The maximum atomic E-state index is 12.8. The van der Waals surface area contributed by atoms with Crippen molar-refractivity contribution in [2.75, 3.05) is 38.8 Å². The zero-order chi connectivity index (χ0) is 29.3. The molecule has 1 aliphatic heterocycles. The zero-order valence-electron chi connectivity index (χ0n) is 24.1. The lowest BCUT2D eigenvalue weighted by Gasteiger charge is -2.42. The summed E-state index contributed by atoms with van der Waals surface area (Å²) in [6.45, 7) is 5.56. The molecular formula is C30H37N5O5S. The molecule has 1 aromatic heterocycles. The predicted octanol–water partition coefficient (Wildman–Crippen LogP) is 5.35. The number of para-hydroxylation sites is 1. The second-order valence-electron chi connectivity index (χ2n) is 10.3. The molecule has 41 heavy (non-hydrogen) atoms. The van der Waals surface area contributed by atoms with Crippen LogP contribution in [0.3, 0.4) is 0 Å². The number of rotatable bonds is 8. The molecule has 0 fully saturated rings. The smallest absolute Gasteiger partial charge is 0.306 e. The lowest BCUT2D eigenvalue weighted by molar-refractivity contribution is -0.143. The largest absolute Gasteiger partial charge is 0.494 e. The van der Waals surface area contributed by atoms with Crippen molar-refractivity contribution in [2.45, 2.75) is 37.6 Å². The highest BCUT2D eigenvalue weighted by molar-refractivity contribution is 8.22. The summed E-state index contributed by atoms with van der Waals surface area (Å²) < 4.78 is 37.4. The Morgan fingerprint density at radius 3 is 2.61 bits per heavy atom. The van der Waals surface area contributed by atoms with Crippen molar-refractivity contribution >= 4 is 33.5 Å². The molecule has 5 rings (SSSR count). The van der Waals surface area contributed by atoms with Gasteiger partial charge in [0, 0.05) is 39.6 Å². The van der Waals surface area contributed by atoms with E-state index in [-0.39, 0.29) is 18.3 Å². The van der Waals surface area contributed by atoms with Gasteiger partial charge < -0.3 is 14.4 Å². The number of esters is 1. The fourth-order valence-corrected chi connectivity index (χ4v) is 7.14. The van der Waals surface area contributed by atoms with Gasteiger partial charge in [-0.25, -0.2) is 4.68 Å². The standard InChI is InChI=1S/C30H37N5O5S/c1-6-40-29(36)18-24(22-16-25-30(27(17-22)39-5)34(4)32-31-25)21-12-11-20(2)23(15-21)19-35-14-13-33(3)26-9-7-8-10-28(26)41(35,37)38/h7-12,15-17,24,37-38H,6,13-14,18-19H2,1-5H3. The Kier molecular flexibility index (Phi) is 8.23. The van der Waals surface area contributed by atoms with Crippen LogP contribution >= 0.6 is 10.8 Å². The number of nitrogens with zero attached hydrogens (tertiary/aromatic N) is 5. The lowest BCUT2D eigenvalue weighted by Crippen LogP contribution is -2.31. The number of methoxy groups -OCH3 is 1. The first kappa shape index (κ1) is 28.9. The molecule has 0 spiro atoms. The number of likely N-dealkylation sites (N-methyl/N-ethyl adjacent to an activating group) is 1. The fraction of sp³-hybridized carbons (Fsp3) is 0.367. The summed E-state index contributed by atoms with van der Waals surface area (Å²) in [6.07, 6.45) is 0.127. The van der Waals surface area contributed by atoms with Gasteiger partial charge in [-0.2, -0.15) is 4.31 Å². The van der Waals surface area contributed by atoms with Gasteiger partial charge in [-0.05, 0) is 60.4 Å². The fourth-order valence-electron chi connectivity index (χ4n) is 5.44. The minimum absolute atomic E-state index is 0.127. The van der Waals surface area contributed by atoms with Gasteiger partial charge in [0.15, 0.2) is 0 Å². The summed E-state index contributed by atoms with van der Waals surface area (Å²) >= 11 is 0. The summed E-state index contributed by atoms with van der Waals surface area (Å²) in [7, 11) is 2.15. The molecule has 0 bridgehead atoms. The molecule has 1 aliphatic rings. The van der Waals surface area contributed by atoms with E-state index in [9.17, 15) is 13.9 Å². The van der Waals surface area contributed by atoms with Crippen molar-refractivity contribution in [3.05, 3.63) is 76.9 Å². The van der Waals surface area contributed by atoms with E-state index in [2.05, 4.69) is 21.3 Å². The number of carbonyl (C=O) groups excluding carboxylic acids is 1. The third kappa shape index (κ3) is 5.62. The highest BCUT2D eigenvalue weighted by Gasteiger charge is 2.32. The molecule has 1 atom stereocenters. The molecule has 0 aliphatic carbocycles. The number of aryl methyl sites for hydroxylation is 2. The van der Waals surface area contributed by atoms with Crippen LogP contribution in [0.5, 0.6) is 5.75 Å². The normalized spacial score (nSPS) is 16.6. The Bertz CT molecular complexity index is 1570. The van der Waals surface area contributed by atoms with Gasteiger partial charge in [-0.15, -0.1) is 15.9 Å². The number of benzene rings is 3. The van der Waals surface area contributed by atoms with E-state index in [1.54, 1.807) is 29.1 Å². The maximum Gasteiger partial charge on any atom is 0.306 e. The van der Waals surface area contributed by atoms with E-state index in [4.69, 9.17) is 9.47 Å². The minimum Gasteiger partial charge on any atom is -0.494 e. The van der Waals surface area contributed by atoms with E-state index in [0.717, 1.165) is 33.5 Å². The second-order valence-corrected chi connectivity index (χ2v) is 12.3. The van der Waals surface area contributed by atoms with Gasteiger partial charge >= 0.3 is 5.97 Å². The average molecular weight is 580 g/mol. The number of ether oxygens (including phenoxy) is 2. The molecule has 218 valence electrons. The van der Waals surface area contributed by atoms with Crippen molar-refractivity contribution in [1.29, 1.82) is 0 Å². The Morgan fingerprint density at radius 2 is 1.85 bits per heavy atom. The quantitative estimate of drug-likeness (QED) is 0.267. The predicted molar refractivity (Wildman–Crippen MR) is 161 cm³/mol. The highest BCUT2D eigenvalue weighted by atomic mass is 32.3. The molecule has 0 amide bonds. The van der Waals surface area contributed by atoms with Gasteiger partial charge in [0.1, 0.15) is 16.8 Å². The molecule has 10 nitrogen and oxygen atoms in total. The van der Waals surface area contributed by atoms with Gasteiger partial charge in [-0.1, -0.05) is 35.5 Å². The van der Waals surface area contributed by atoms with Gasteiger partial charge in [-0.3, -0.25) is 13.9 Å². The summed E-state index contributed by atoms with van der Waals surface area (Å²) in [6, 6.07) is 17.4. The molecule has 0 saturated carbocycles. The first-order valence-corrected chi connectivity index (χ1v) is 15.1. The number of fused-ring (bicyclic) bond motifs is 2. The number of hydrogen-bond acceptors (Lipinski definition) is 9. The highest BCUT2D eigenvalue weighted by Crippen LogP contribution is 2.56.